The van der Waals surface area contributed by atoms with Gasteiger partial charge in [0.1, 0.15) is 5.71 Å². The van der Waals surface area contributed by atoms with Gasteiger partial charge in [0, 0.05) is 11.1 Å². The lowest BCUT2D eigenvalue weighted by molar-refractivity contribution is 0.0885. The fraction of sp³-hybridized carbons (Fsp3) is 0.278. The van der Waals surface area contributed by atoms with E-state index in [0.717, 1.165) is 22.3 Å². The van der Waals surface area contributed by atoms with Gasteiger partial charge >= 0.3 is 0 Å². The predicted molar refractivity (Wildman–Crippen MR) is 88.4 cm³/mol. The van der Waals surface area contributed by atoms with Crippen molar-refractivity contribution in [3.8, 4) is 0 Å². The molecule has 23 heavy (non-hydrogen) atoms. The van der Waals surface area contributed by atoms with Crippen LogP contribution in [0, 0.1) is 20.8 Å². The molecule has 0 N–H and O–H groups in total. The highest BCUT2D eigenvalue weighted by atomic mass is 32.2. The van der Waals surface area contributed by atoms with Gasteiger partial charge in [0.25, 0.3) is 0 Å². The van der Waals surface area contributed by atoms with Crippen LogP contribution in [0.3, 0.4) is 0 Å². The van der Waals surface area contributed by atoms with Crippen LogP contribution in [0.25, 0.3) is 0 Å². The van der Waals surface area contributed by atoms with Crippen molar-refractivity contribution < 1.29 is 13.3 Å². The molecule has 0 aromatic heterocycles. The van der Waals surface area contributed by atoms with Crippen LogP contribution in [0.15, 0.2) is 46.4 Å². The van der Waals surface area contributed by atoms with E-state index >= 15 is 0 Å². The topological polar surface area (TPSA) is 55.7 Å². The van der Waals surface area contributed by atoms with E-state index in [-0.39, 0.29) is 0 Å². The summed E-state index contributed by atoms with van der Waals surface area (Å²) in [5.41, 5.74) is 5.32. The molecule has 118 valence electrons. The number of fused-ring (bicyclic) bond motifs is 3. The van der Waals surface area contributed by atoms with E-state index in [1.54, 1.807) is 12.1 Å². The molecule has 2 aromatic carbocycles. The molecule has 0 saturated carbocycles. The molecule has 2 unspecified atom stereocenters. The van der Waals surface area contributed by atoms with E-state index < -0.39 is 21.2 Å². The lowest BCUT2D eigenvalue weighted by Gasteiger charge is -2.14. The molecule has 2 atom stereocenters. The monoisotopic (exact) mass is 327 g/mol. The second-order valence-electron chi connectivity index (χ2n) is 6.28. The molecule has 0 fully saturated rings. The molecule has 0 saturated heterocycles. The second kappa shape index (κ2) is 4.68. The smallest absolute Gasteiger partial charge is 0.191 e. The van der Waals surface area contributed by atoms with Gasteiger partial charge in [-0.2, -0.15) is 0 Å². The fourth-order valence-corrected chi connectivity index (χ4v) is 5.81. The first-order valence-corrected chi connectivity index (χ1v) is 9.10. The summed E-state index contributed by atoms with van der Waals surface area (Å²) < 4.78 is 26.0. The molecule has 4 rings (SSSR count). The number of nitrogens with zero attached hydrogens (tertiary/aromatic N) is 1. The summed E-state index contributed by atoms with van der Waals surface area (Å²) in [5, 5.41) is 3.42. The van der Waals surface area contributed by atoms with Crippen molar-refractivity contribution in [2.45, 2.75) is 37.0 Å². The number of benzene rings is 2. The van der Waals surface area contributed by atoms with Crippen LogP contribution in [-0.4, -0.2) is 19.4 Å². The Morgan fingerprint density at radius 2 is 1.70 bits per heavy atom. The normalized spacial score (nSPS) is 23.9. The van der Waals surface area contributed by atoms with Crippen molar-refractivity contribution in [1.29, 1.82) is 0 Å². The molecule has 0 radical (unpaired) electrons. The van der Waals surface area contributed by atoms with Gasteiger partial charge in [-0.05, 0) is 38.0 Å². The molecule has 0 spiro atoms. The molecule has 0 amide bonds. The van der Waals surface area contributed by atoms with Crippen LogP contribution in [0.2, 0.25) is 0 Å². The lowest BCUT2D eigenvalue weighted by Crippen LogP contribution is -2.28. The van der Waals surface area contributed by atoms with E-state index in [4.69, 9.17) is 4.84 Å². The van der Waals surface area contributed by atoms with Crippen LogP contribution in [0.1, 0.15) is 33.9 Å². The summed E-state index contributed by atoms with van der Waals surface area (Å²) in [7, 11) is -3.48. The minimum atomic E-state index is -3.48. The summed E-state index contributed by atoms with van der Waals surface area (Å²) in [5.74, 6) is 0. The largest absolute Gasteiger partial charge is 0.385 e. The van der Waals surface area contributed by atoms with Gasteiger partial charge in [0.2, 0.25) is 0 Å². The van der Waals surface area contributed by atoms with E-state index in [2.05, 4.69) is 5.16 Å². The molecular formula is C18H17NO3S. The Morgan fingerprint density at radius 1 is 1.04 bits per heavy atom. The zero-order valence-corrected chi connectivity index (χ0v) is 14.0. The highest BCUT2D eigenvalue weighted by Gasteiger charge is 2.53. The maximum atomic E-state index is 13.0. The van der Waals surface area contributed by atoms with Gasteiger partial charge in [-0.25, -0.2) is 8.42 Å². The molecule has 4 nitrogen and oxygen atoms in total. The van der Waals surface area contributed by atoms with Crippen molar-refractivity contribution in [1.82, 2.24) is 0 Å². The van der Waals surface area contributed by atoms with Crippen LogP contribution in [0.5, 0.6) is 0 Å². The number of oxime groups is 1. The highest BCUT2D eigenvalue weighted by molar-refractivity contribution is 7.93. The predicted octanol–water partition coefficient (Wildman–Crippen LogP) is 3.24. The fourth-order valence-electron chi connectivity index (χ4n) is 3.78. The van der Waals surface area contributed by atoms with Crippen molar-refractivity contribution in [3.63, 3.8) is 0 Å². The molecule has 5 heteroatoms. The first kappa shape index (κ1) is 14.5. The van der Waals surface area contributed by atoms with Crippen LogP contribution in [0.4, 0.5) is 0 Å². The second-order valence-corrected chi connectivity index (χ2v) is 8.32. The van der Waals surface area contributed by atoms with Crippen molar-refractivity contribution in [2.24, 2.45) is 5.16 Å². The summed E-state index contributed by atoms with van der Waals surface area (Å²) in [6.45, 7) is 6.00. The van der Waals surface area contributed by atoms with E-state index in [9.17, 15) is 8.42 Å². The molecule has 2 aliphatic heterocycles. The van der Waals surface area contributed by atoms with Gasteiger partial charge in [-0.15, -0.1) is 0 Å². The molecule has 2 aliphatic rings. The summed E-state index contributed by atoms with van der Waals surface area (Å²) >= 11 is 0. The number of sulfone groups is 1. The maximum absolute atomic E-state index is 13.0. The first-order valence-electron chi connectivity index (χ1n) is 7.56. The first-order chi connectivity index (χ1) is 10.9. The van der Waals surface area contributed by atoms with Gasteiger partial charge in [0.05, 0.1) is 4.90 Å². The summed E-state index contributed by atoms with van der Waals surface area (Å²) in [6, 6.07) is 11.1. The Morgan fingerprint density at radius 3 is 2.39 bits per heavy atom. The Bertz CT molecular complexity index is 937. The summed E-state index contributed by atoms with van der Waals surface area (Å²) in [4.78, 5) is 5.92. The van der Waals surface area contributed by atoms with Crippen molar-refractivity contribution >= 4 is 15.5 Å². The van der Waals surface area contributed by atoms with Crippen molar-refractivity contribution in [2.75, 3.05) is 0 Å². The highest BCUT2D eigenvalue weighted by Crippen LogP contribution is 2.46. The molecular weight excluding hydrogens is 310 g/mol. The van der Waals surface area contributed by atoms with Gasteiger partial charge < -0.3 is 4.84 Å². The average molecular weight is 327 g/mol. The lowest BCUT2D eigenvalue weighted by atomic mass is 9.92. The zero-order valence-electron chi connectivity index (χ0n) is 13.2. The Kier molecular flexibility index (Phi) is 2.94. The van der Waals surface area contributed by atoms with Crippen LogP contribution >= 0.6 is 0 Å². The SMILES string of the molecule is Cc1cc(C)c(C2=NOC3c4ccccc4S(=O)(=O)C23)c(C)c1. The van der Waals surface area contributed by atoms with Crippen molar-refractivity contribution in [3.05, 3.63) is 64.2 Å². The Labute approximate surface area is 135 Å². The van der Waals surface area contributed by atoms with Gasteiger partial charge in [0.15, 0.2) is 21.2 Å². The summed E-state index contributed by atoms with van der Waals surface area (Å²) in [6.07, 6.45) is -0.536. The third-order valence-corrected chi connectivity index (χ3v) is 6.73. The Hall–Kier alpha value is -2.14. The van der Waals surface area contributed by atoms with Crippen LogP contribution < -0.4 is 0 Å². The number of hydrogen-bond donors (Lipinski definition) is 0. The number of aryl methyl sites for hydroxylation is 3. The molecule has 2 heterocycles. The Balaban J connectivity index is 1.91. The van der Waals surface area contributed by atoms with E-state index in [1.807, 2.05) is 45.0 Å². The third-order valence-electron chi connectivity index (χ3n) is 4.61. The third kappa shape index (κ3) is 1.89. The zero-order chi connectivity index (χ0) is 16.4. The number of rotatable bonds is 1. The minimum Gasteiger partial charge on any atom is -0.385 e. The standard InChI is InChI=1S/C18H17NO3S/c1-10-8-11(2)15(12(3)9-10)16-18-17(22-19-16)13-6-4-5-7-14(13)23(18,20)21/h4-9,17-18H,1-3H3. The quantitative estimate of drug-likeness (QED) is 0.808. The molecule has 0 aliphatic carbocycles. The minimum absolute atomic E-state index is 0.366. The number of hydrogen-bond acceptors (Lipinski definition) is 4. The van der Waals surface area contributed by atoms with Gasteiger partial charge in [-0.1, -0.05) is 41.1 Å². The van der Waals surface area contributed by atoms with E-state index in [0.29, 0.717) is 16.2 Å². The van der Waals surface area contributed by atoms with E-state index in [1.165, 1.54) is 0 Å². The molecule has 0 bridgehead atoms. The van der Waals surface area contributed by atoms with Crippen LogP contribution in [-0.2, 0) is 14.7 Å². The maximum Gasteiger partial charge on any atom is 0.191 e. The van der Waals surface area contributed by atoms with Gasteiger partial charge in [-0.3, -0.25) is 0 Å². The molecule has 2 aromatic rings. The average Bonchev–Trinajstić information content (AvgIpc) is 2.99.